The average molecular weight is 336 g/mol. The van der Waals surface area contributed by atoms with E-state index < -0.39 is 10.0 Å². The van der Waals surface area contributed by atoms with Crippen LogP contribution in [0.1, 0.15) is 24.8 Å². The van der Waals surface area contributed by atoms with Crippen molar-refractivity contribution in [3.63, 3.8) is 0 Å². The molecule has 1 aromatic carbocycles. The fourth-order valence-corrected chi connectivity index (χ4v) is 2.89. The number of halogens is 1. The second-order valence-electron chi connectivity index (χ2n) is 4.09. The van der Waals surface area contributed by atoms with E-state index in [9.17, 15) is 8.42 Å². The van der Waals surface area contributed by atoms with E-state index in [1.54, 1.807) is 18.2 Å². The van der Waals surface area contributed by atoms with Crippen LogP contribution in [0.2, 0.25) is 0 Å². The zero-order valence-electron chi connectivity index (χ0n) is 10.3. The van der Waals surface area contributed by atoms with Crippen LogP contribution in [0, 0.1) is 6.92 Å². The molecule has 0 atom stereocenters. The van der Waals surface area contributed by atoms with Crippen LogP contribution in [0.3, 0.4) is 0 Å². The Kier molecular flexibility index (Phi) is 6.28. The lowest BCUT2D eigenvalue weighted by atomic mass is 10.2. The topological polar surface area (TPSA) is 66.4 Å². The summed E-state index contributed by atoms with van der Waals surface area (Å²) in [5.41, 5.74) is 0.887. The molecule has 18 heavy (non-hydrogen) atoms. The van der Waals surface area contributed by atoms with Crippen molar-refractivity contribution in [1.82, 2.24) is 4.72 Å². The smallest absolute Gasteiger partial charge is 0.240 e. The van der Waals surface area contributed by atoms with Crippen LogP contribution in [-0.2, 0) is 10.0 Å². The van der Waals surface area contributed by atoms with Gasteiger partial charge in [0.25, 0.3) is 0 Å². The number of sulfonamides is 1. The minimum absolute atomic E-state index is 0.151. The van der Waals surface area contributed by atoms with Gasteiger partial charge in [-0.1, -0.05) is 15.9 Å². The van der Waals surface area contributed by atoms with Crippen molar-refractivity contribution in [1.29, 1.82) is 0 Å². The Hall–Kier alpha value is -0.430. The summed E-state index contributed by atoms with van der Waals surface area (Å²) < 4.78 is 27.4. The van der Waals surface area contributed by atoms with E-state index in [1.165, 1.54) is 0 Å². The Morgan fingerprint density at radius 2 is 2.00 bits per heavy atom. The molecule has 102 valence electrons. The standard InChI is InChI=1S/C12H18BrNO3S/c1-10-9-11(5-6-12(10)13)18(16,17)14-7-3-2-4-8-15/h5-6,9,14-15H,2-4,7-8H2,1H3. The van der Waals surface area contributed by atoms with Gasteiger partial charge in [0, 0.05) is 17.6 Å². The number of benzene rings is 1. The summed E-state index contributed by atoms with van der Waals surface area (Å²) in [7, 11) is -3.42. The molecule has 0 aromatic heterocycles. The summed E-state index contributed by atoms with van der Waals surface area (Å²) in [6.07, 6.45) is 2.26. The van der Waals surface area contributed by atoms with Crippen LogP contribution >= 0.6 is 15.9 Å². The number of rotatable bonds is 7. The van der Waals surface area contributed by atoms with Gasteiger partial charge >= 0.3 is 0 Å². The van der Waals surface area contributed by atoms with E-state index in [0.29, 0.717) is 13.0 Å². The highest BCUT2D eigenvalue weighted by molar-refractivity contribution is 9.10. The molecule has 0 radical (unpaired) electrons. The monoisotopic (exact) mass is 335 g/mol. The van der Waals surface area contributed by atoms with Gasteiger partial charge in [0.1, 0.15) is 0 Å². The molecule has 0 fully saturated rings. The average Bonchev–Trinajstić information content (AvgIpc) is 2.32. The molecule has 0 aliphatic rings. The molecule has 0 unspecified atom stereocenters. The predicted molar refractivity (Wildman–Crippen MR) is 75.0 cm³/mol. The third kappa shape index (κ3) is 4.68. The van der Waals surface area contributed by atoms with Gasteiger partial charge in [0.05, 0.1) is 4.90 Å². The maximum atomic E-state index is 12.0. The number of nitrogens with one attached hydrogen (secondary N) is 1. The summed E-state index contributed by atoms with van der Waals surface area (Å²) in [6.45, 7) is 2.40. The van der Waals surface area contributed by atoms with Crippen molar-refractivity contribution in [2.24, 2.45) is 0 Å². The molecule has 0 amide bonds. The van der Waals surface area contributed by atoms with E-state index in [0.717, 1.165) is 22.9 Å². The van der Waals surface area contributed by atoms with Crippen molar-refractivity contribution in [3.05, 3.63) is 28.2 Å². The summed E-state index contributed by atoms with van der Waals surface area (Å²) >= 11 is 3.34. The number of aliphatic hydroxyl groups excluding tert-OH is 1. The van der Waals surface area contributed by atoms with Gasteiger partial charge in [-0.25, -0.2) is 13.1 Å². The van der Waals surface area contributed by atoms with Crippen molar-refractivity contribution in [2.45, 2.75) is 31.1 Å². The molecule has 6 heteroatoms. The molecule has 0 saturated carbocycles. The maximum Gasteiger partial charge on any atom is 0.240 e. The van der Waals surface area contributed by atoms with Crippen LogP contribution in [0.5, 0.6) is 0 Å². The Balaban J connectivity index is 2.60. The number of hydrogen-bond donors (Lipinski definition) is 2. The largest absolute Gasteiger partial charge is 0.396 e. The van der Waals surface area contributed by atoms with Gasteiger partial charge < -0.3 is 5.11 Å². The summed E-state index contributed by atoms with van der Waals surface area (Å²) in [5.74, 6) is 0. The number of aryl methyl sites for hydroxylation is 1. The van der Waals surface area contributed by atoms with Gasteiger partial charge in [-0.05, 0) is 49.9 Å². The number of hydrogen-bond acceptors (Lipinski definition) is 3. The summed E-state index contributed by atoms with van der Waals surface area (Å²) in [6, 6.07) is 4.95. The molecule has 4 nitrogen and oxygen atoms in total. The van der Waals surface area contributed by atoms with E-state index in [1.807, 2.05) is 6.92 Å². The van der Waals surface area contributed by atoms with E-state index >= 15 is 0 Å². The Bertz CT molecular complexity index is 488. The van der Waals surface area contributed by atoms with Crippen LogP contribution in [-0.4, -0.2) is 26.7 Å². The Morgan fingerprint density at radius 1 is 1.28 bits per heavy atom. The zero-order chi connectivity index (χ0) is 13.6. The molecular weight excluding hydrogens is 318 g/mol. The molecule has 0 spiro atoms. The van der Waals surface area contributed by atoms with Crippen molar-refractivity contribution in [2.75, 3.05) is 13.2 Å². The first kappa shape index (κ1) is 15.6. The molecule has 0 bridgehead atoms. The van der Waals surface area contributed by atoms with Gasteiger partial charge in [0.15, 0.2) is 0 Å². The van der Waals surface area contributed by atoms with Gasteiger partial charge in [0.2, 0.25) is 10.0 Å². The van der Waals surface area contributed by atoms with E-state index in [4.69, 9.17) is 5.11 Å². The summed E-state index contributed by atoms with van der Waals surface area (Å²) in [5, 5.41) is 8.62. The zero-order valence-corrected chi connectivity index (χ0v) is 12.7. The minimum atomic E-state index is -3.42. The van der Waals surface area contributed by atoms with E-state index in [-0.39, 0.29) is 11.5 Å². The summed E-state index contributed by atoms with van der Waals surface area (Å²) in [4.78, 5) is 0.283. The highest BCUT2D eigenvalue weighted by Gasteiger charge is 2.13. The Morgan fingerprint density at radius 3 is 2.61 bits per heavy atom. The molecule has 1 aromatic rings. The molecule has 2 N–H and O–H groups in total. The third-order valence-corrected chi connectivity index (χ3v) is 4.92. The third-order valence-electron chi connectivity index (χ3n) is 2.57. The molecule has 0 aliphatic carbocycles. The SMILES string of the molecule is Cc1cc(S(=O)(=O)NCCCCCO)ccc1Br. The molecule has 1 rings (SSSR count). The molecule has 0 saturated heterocycles. The first-order valence-electron chi connectivity index (χ1n) is 5.84. The molecular formula is C12H18BrNO3S. The van der Waals surface area contributed by atoms with E-state index in [2.05, 4.69) is 20.7 Å². The second-order valence-corrected chi connectivity index (χ2v) is 6.71. The first-order chi connectivity index (χ1) is 8.47. The van der Waals surface area contributed by atoms with Crippen LogP contribution < -0.4 is 4.72 Å². The minimum Gasteiger partial charge on any atom is -0.396 e. The van der Waals surface area contributed by atoms with Crippen molar-refractivity contribution in [3.8, 4) is 0 Å². The lowest BCUT2D eigenvalue weighted by Crippen LogP contribution is -2.24. The highest BCUT2D eigenvalue weighted by Crippen LogP contribution is 2.19. The predicted octanol–water partition coefficient (Wildman–Crippen LogP) is 2.20. The van der Waals surface area contributed by atoms with Gasteiger partial charge in [-0.3, -0.25) is 0 Å². The fourth-order valence-electron chi connectivity index (χ4n) is 1.49. The fraction of sp³-hybridized carbons (Fsp3) is 0.500. The normalized spacial score (nSPS) is 11.7. The van der Waals surface area contributed by atoms with Crippen LogP contribution in [0.25, 0.3) is 0 Å². The van der Waals surface area contributed by atoms with Crippen LogP contribution in [0.4, 0.5) is 0 Å². The Labute approximate surface area is 117 Å². The molecule has 0 heterocycles. The number of aliphatic hydroxyl groups is 1. The van der Waals surface area contributed by atoms with Crippen molar-refractivity contribution < 1.29 is 13.5 Å². The highest BCUT2D eigenvalue weighted by atomic mass is 79.9. The quantitative estimate of drug-likeness (QED) is 0.750. The van der Waals surface area contributed by atoms with Gasteiger partial charge in [-0.15, -0.1) is 0 Å². The first-order valence-corrected chi connectivity index (χ1v) is 8.11. The lowest BCUT2D eigenvalue weighted by molar-refractivity contribution is 0.283. The van der Waals surface area contributed by atoms with Crippen molar-refractivity contribution >= 4 is 26.0 Å². The number of unbranched alkanes of at least 4 members (excludes halogenated alkanes) is 2. The molecule has 0 aliphatic heterocycles. The lowest BCUT2D eigenvalue weighted by Gasteiger charge is -2.08. The maximum absolute atomic E-state index is 12.0. The van der Waals surface area contributed by atoms with Crippen LogP contribution in [0.15, 0.2) is 27.6 Å². The van der Waals surface area contributed by atoms with Gasteiger partial charge in [-0.2, -0.15) is 0 Å². The second kappa shape index (κ2) is 7.23.